The van der Waals surface area contributed by atoms with E-state index in [2.05, 4.69) is 15.0 Å². The second-order valence-corrected chi connectivity index (χ2v) is 5.53. The molecule has 2 fully saturated rings. The number of Topliss-reactive ketones (excluding diaryl/α,β-unsaturated/α-hetero) is 1. The van der Waals surface area contributed by atoms with E-state index in [4.69, 9.17) is 5.73 Å². The first kappa shape index (κ1) is 11.7. The van der Waals surface area contributed by atoms with Crippen molar-refractivity contribution >= 4 is 22.8 Å². The van der Waals surface area contributed by atoms with Gasteiger partial charge in [0.05, 0.1) is 12.9 Å². The fourth-order valence-corrected chi connectivity index (χ4v) is 3.41. The minimum atomic E-state index is -1.13. The quantitative estimate of drug-likeness (QED) is 0.634. The molecule has 2 aromatic heterocycles. The van der Waals surface area contributed by atoms with E-state index < -0.39 is 17.6 Å². The molecule has 8 nitrogen and oxygen atoms in total. The number of rotatable bonds is 2. The van der Waals surface area contributed by atoms with E-state index in [-0.39, 0.29) is 24.1 Å². The van der Waals surface area contributed by atoms with Crippen LogP contribution in [0, 0.1) is 11.3 Å². The van der Waals surface area contributed by atoms with Crippen LogP contribution in [0.1, 0.15) is 12.5 Å². The van der Waals surface area contributed by atoms with Gasteiger partial charge < -0.3 is 20.5 Å². The molecule has 2 aliphatic rings. The Labute approximate surface area is 113 Å². The number of anilines is 1. The first-order valence-electron chi connectivity index (χ1n) is 6.36. The van der Waals surface area contributed by atoms with Gasteiger partial charge in [0.25, 0.3) is 0 Å². The number of aliphatic hydroxyl groups excluding tert-OH is 2. The molecule has 2 heterocycles. The van der Waals surface area contributed by atoms with Gasteiger partial charge in [-0.1, -0.05) is 0 Å². The van der Waals surface area contributed by atoms with Crippen LogP contribution in [0.15, 0.2) is 12.7 Å². The molecule has 8 heteroatoms. The molecule has 1 unspecified atom stereocenters. The highest BCUT2D eigenvalue weighted by molar-refractivity contribution is 5.94. The number of hydrogen-bond acceptors (Lipinski definition) is 7. The van der Waals surface area contributed by atoms with Crippen LogP contribution in [0.5, 0.6) is 0 Å². The van der Waals surface area contributed by atoms with Gasteiger partial charge in [-0.15, -0.1) is 0 Å². The summed E-state index contributed by atoms with van der Waals surface area (Å²) in [4.78, 5) is 24.4. The number of fused-ring (bicyclic) bond motifs is 2. The summed E-state index contributed by atoms with van der Waals surface area (Å²) >= 11 is 0. The molecular formula is C12H13N5O3. The maximum absolute atomic E-state index is 12.3. The van der Waals surface area contributed by atoms with Crippen molar-refractivity contribution in [2.75, 3.05) is 12.3 Å². The van der Waals surface area contributed by atoms with Crippen LogP contribution in [0.3, 0.4) is 0 Å². The molecule has 2 aromatic rings. The standard InChI is InChI=1S/C12H13N5O3/c13-10-6-11(15-3-14-10)17(4-16-6)7-5-1-12(5,2-18)9(20)8(7)19/h3-5,7,9,18,20H,1-2H2,(H2,13,14,15)/t5-,7-,9?,12+/m1/s1. The molecule has 2 aliphatic carbocycles. The van der Waals surface area contributed by atoms with E-state index in [9.17, 15) is 15.0 Å². The first-order chi connectivity index (χ1) is 9.60. The van der Waals surface area contributed by atoms with E-state index in [0.717, 1.165) is 0 Å². The fourth-order valence-electron chi connectivity index (χ4n) is 3.41. The number of aliphatic hydroxyl groups is 2. The third-order valence-corrected chi connectivity index (χ3v) is 4.65. The molecule has 2 saturated carbocycles. The summed E-state index contributed by atoms with van der Waals surface area (Å²) in [5.74, 6) is -0.126. The smallest absolute Gasteiger partial charge is 0.185 e. The van der Waals surface area contributed by atoms with Crippen LogP contribution >= 0.6 is 0 Å². The molecule has 104 valence electrons. The molecule has 4 rings (SSSR count). The zero-order valence-corrected chi connectivity index (χ0v) is 10.5. The van der Waals surface area contributed by atoms with Crippen molar-refractivity contribution in [1.82, 2.24) is 19.5 Å². The largest absolute Gasteiger partial charge is 0.396 e. The minimum Gasteiger partial charge on any atom is -0.396 e. The third-order valence-electron chi connectivity index (χ3n) is 4.65. The lowest BCUT2D eigenvalue weighted by Crippen LogP contribution is -2.31. The van der Waals surface area contributed by atoms with Crippen molar-refractivity contribution in [3.05, 3.63) is 12.7 Å². The Morgan fingerprint density at radius 1 is 1.45 bits per heavy atom. The predicted octanol–water partition coefficient (Wildman–Crippen LogP) is -1.11. The molecule has 0 saturated heterocycles. The molecule has 0 aromatic carbocycles. The molecule has 0 aliphatic heterocycles. The summed E-state index contributed by atoms with van der Waals surface area (Å²) in [5, 5.41) is 19.5. The van der Waals surface area contributed by atoms with Crippen molar-refractivity contribution in [3.63, 3.8) is 0 Å². The second-order valence-electron chi connectivity index (χ2n) is 5.53. The van der Waals surface area contributed by atoms with E-state index in [1.807, 2.05) is 0 Å². The van der Waals surface area contributed by atoms with Crippen molar-refractivity contribution in [1.29, 1.82) is 0 Å². The van der Waals surface area contributed by atoms with Crippen LogP contribution in [0.25, 0.3) is 11.2 Å². The zero-order chi connectivity index (χ0) is 14.1. The molecule has 20 heavy (non-hydrogen) atoms. The number of carbonyl (C=O) groups excluding carboxylic acids is 1. The summed E-state index contributed by atoms with van der Waals surface area (Å²) < 4.78 is 1.63. The monoisotopic (exact) mass is 275 g/mol. The molecule has 4 N–H and O–H groups in total. The van der Waals surface area contributed by atoms with Gasteiger partial charge >= 0.3 is 0 Å². The number of imidazole rings is 1. The summed E-state index contributed by atoms with van der Waals surface area (Å²) in [6.07, 6.45) is 2.31. The molecule has 0 spiro atoms. The Morgan fingerprint density at radius 2 is 2.25 bits per heavy atom. The Kier molecular flexibility index (Phi) is 2.07. The van der Waals surface area contributed by atoms with Gasteiger partial charge in [0.2, 0.25) is 0 Å². The highest BCUT2D eigenvalue weighted by Crippen LogP contribution is 2.65. The minimum absolute atomic E-state index is 0.0800. The van der Waals surface area contributed by atoms with Gasteiger partial charge in [-0.25, -0.2) is 15.0 Å². The Bertz CT molecular complexity index is 729. The van der Waals surface area contributed by atoms with Crippen molar-refractivity contribution in [2.45, 2.75) is 18.6 Å². The van der Waals surface area contributed by atoms with Gasteiger partial charge in [-0.3, -0.25) is 4.79 Å². The number of ketones is 1. The second kappa shape index (κ2) is 3.53. The van der Waals surface area contributed by atoms with Crippen LogP contribution in [0.4, 0.5) is 5.82 Å². The molecular weight excluding hydrogens is 262 g/mol. The van der Waals surface area contributed by atoms with Crippen molar-refractivity contribution in [2.24, 2.45) is 11.3 Å². The van der Waals surface area contributed by atoms with Crippen LogP contribution in [-0.2, 0) is 4.79 Å². The van der Waals surface area contributed by atoms with E-state index >= 15 is 0 Å². The van der Waals surface area contributed by atoms with E-state index in [1.165, 1.54) is 12.7 Å². The average molecular weight is 275 g/mol. The predicted molar refractivity (Wildman–Crippen MR) is 67.4 cm³/mol. The normalized spacial score (nSPS) is 35.5. The van der Waals surface area contributed by atoms with Gasteiger partial charge in [-0.2, -0.15) is 0 Å². The van der Waals surface area contributed by atoms with Crippen molar-refractivity contribution in [3.8, 4) is 0 Å². The number of nitrogen functional groups attached to an aromatic ring is 1. The fraction of sp³-hybridized carbons (Fsp3) is 0.500. The van der Waals surface area contributed by atoms with Crippen LogP contribution in [-0.4, -0.2) is 48.2 Å². The van der Waals surface area contributed by atoms with Gasteiger partial charge in [0, 0.05) is 5.41 Å². The highest BCUT2D eigenvalue weighted by Gasteiger charge is 2.71. The SMILES string of the molecule is Nc1ncnc2c1ncn2[C@H]1C(=O)C(O)[C@]2(CO)C[C@H]12. The summed E-state index contributed by atoms with van der Waals surface area (Å²) in [7, 11) is 0. The maximum Gasteiger partial charge on any atom is 0.185 e. The number of carbonyl (C=O) groups is 1. The highest BCUT2D eigenvalue weighted by atomic mass is 16.3. The number of hydrogen-bond donors (Lipinski definition) is 3. The summed E-state index contributed by atoms with van der Waals surface area (Å²) in [6, 6.07) is -0.545. The topological polar surface area (TPSA) is 127 Å². The van der Waals surface area contributed by atoms with Crippen LogP contribution in [0.2, 0.25) is 0 Å². The average Bonchev–Trinajstić information content (AvgIpc) is 2.95. The van der Waals surface area contributed by atoms with Gasteiger partial charge in [-0.05, 0) is 12.3 Å². The maximum atomic E-state index is 12.3. The molecule has 4 atom stereocenters. The lowest BCUT2D eigenvalue weighted by Gasteiger charge is -2.15. The van der Waals surface area contributed by atoms with Gasteiger partial charge in [0.1, 0.15) is 24.0 Å². The van der Waals surface area contributed by atoms with Gasteiger partial charge in [0.15, 0.2) is 17.2 Å². The Balaban J connectivity index is 1.85. The zero-order valence-electron chi connectivity index (χ0n) is 10.5. The van der Waals surface area contributed by atoms with E-state index in [1.54, 1.807) is 4.57 Å². The lowest BCUT2D eigenvalue weighted by molar-refractivity contribution is -0.130. The summed E-state index contributed by atoms with van der Waals surface area (Å²) in [6.45, 7) is -0.190. The van der Waals surface area contributed by atoms with E-state index in [0.29, 0.717) is 17.6 Å². The number of nitrogens with zero attached hydrogens (tertiary/aromatic N) is 4. The number of nitrogens with two attached hydrogens (primary N) is 1. The third kappa shape index (κ3) is 1.18. The first-order valence-corrected chi connectivity index (χ1v) is 6.36. The molecule has 0 bridgehead atoms. The van der Waals surface area contributed by atoms with Crippen LogP contribution < -0.4 is 5.73 Å². The molecule has 0 radical (unpaired) electrons. The van der Waals surface area contributed by atoms with Crippen molar-refractivity contribution < 1.29 is 15.0 Å². The summed E-state index contributed by atoms with van der Waals surface area (Å²) in [5.41, 5.74) is 5.96. The Morgan fingerprint density at radius 3 is 2.95 bits per heavy atom. The number of aromatic nitrogens is 4. The lowest BCUT2D eigenvalue weighted by atomic mass is 10.0. The molecule has 0 amide bonds. The Hall–Kier alpha value is -2.06.